The zero-order chi connectivity index (χ0) is 28.0. The number of hydrogen-bond acceptors (Lipinski definition) is 8. The number of nitrogens with zero attached hydrogens (tertiary/aromatic N) is 2. The molecule has 0 amide bonds. The van der Waals surface area contributed by atoms with E-state index in [0.717, 1.165) is 10.0 Å². The zero-order valence-corrected chi connectivity index (χ0v) is 24.1. The fraction of sp³-hybridized carbons (Fsp3) is 0.379. The highest BCUT2D eigenvalue weighted by Crippen LogP contribution is 2.47. The van der Waals surface area contributed by atoms with Crippen LogP contribution < -0.4 is 5.06 Å². The average Bonchev–Trinajstić information content (AvgIpc) is 3.57. The van der Waals surface area contributed by atoms with Crippen LogP contribution in [0.5, 0.6) is 0 Å². The summed E-state index contributed by atoms with van der Waals surface area (Å²) >= 11 is 9.57. The summed E-state index contributed by atoms with van der Waals surface area (Å²) in [6, 6.07) is 21.9. The minimum Gasteiger partial charge on any atom is -0.368 e. The Hall–Kier alpha value is -2.57. The number of ether oxygens (including phenoxy) is 4. The highest BCUT2D eigenvalue weighted by atomic mass is 79.9. The smallest absolute Gasteiger partial charge is 0.270 e. The number of rotatable bonds is 7. The molecule has 9 nitrogen and oxygen atoms in total. The predicted molar refractivity (Wildman–Crippen MR) is 150 cm³/mol. The fourth-order valence-corrected chi connectivity index (χ4v) is 5.99. The van der Waals surface area contributed by atoms with Gasteiger partial charge in [-0.2, -0.15) is 0 Å². The topological polar surface area (TPSA) is 92.5 Å². The molecule has 0 bridgehead atoms. The van der Waals surface area contributed by atoms with Crippen molar-refractivity contribution in [2.24, 2.45) is 0 Å². The molecule has 0 radical (unpaired) electrons. The van der Waals surface area contributed by atoms with E-state index in [1.54, 1.807) is 43.2 Å². The molecule has 11 heteroatoms. The van der Waals surface area contributed by atoms with E-state index in [2.05, 4.69) is 15.9 Å². The van der Waals surface area contributed by atoms with Gasteiger partial charge in [0, 0.05) is 14.4 Å². The van der Waals surface area contributed by atoms with Gasteiger partial charge in [-0.3, -0.25) is 15.0 Å². The Balaban J connectivity index is 1.39. The second kappa shape index (κ2) is 11.0. The summed E-state index contributed by atoms with van der Waals surface area (Å²) in [6.45, 7) is 3.87. The molecule has 6 rings (SSSR count). The lowest BCUT2D eigenvalue weighted by molar-refractivity contribution is -0.532. The highest BCUT2D eigenvalue weighted by Gasteiger charge is 2.65. The van der Waals surface area contributed by atoms with Gasteiger partial charge in [-0.15, -0.1) is 0 Å². The Labute approximate surface area is 245 Å². The molecule has 40 heavy (non-hydrogen) atoms. The van der Waals surface area contributed by atoms with Crippen LogP contribution in [0.4, 0.5) is 5.69 Å². The number of hydrogen-bond donors (Lipinski definition) is 0. The first kappa shape index (κ1) is 27.6. The molecule has 7 atom stereocenters. The van der Waals surface area contributed by atoms with Crippen LogP contribution in [-0.2, 0) is 30.4 Å². The molecule has 3 aliphatic rings. The lowest BCUT2D eigenvalue weighted by Crippen LogP contribution is -2.53. The second-order valence-corrected chi connectivity index (χ2v) is 11.8. The minimum absolute atomic E-state index is 0.257. The van der Waals surface area contributed by atoms with Crippen LogP contribution in [0.25, 0.3) is 0 Å². The third-order valence-corrected chi connectivity index (χ3v) is 8.11. The SMILES string of the molecule is CC1(C)O[C@H]2O[C@H]([C@@H]3[C@@H]([N+](=O)[O-])[C@H](c4ccc(Cl)cc4)ON3c3ccccc3)[C@H](OCc3ccc(Br)cc3)[C@H]2O1. The summed E-state index contributed by atoms with van der Waals surface area (Å²) in [6.07, 6.45) is -3.73. The third kappa shape index (κ3) is 5.37. The molecule has 0 unspecified atom stereocenters. The van der Waals surface area contributed by atoms with Crippen molar-refractivity contribution in [3.05, 3.63) is 110 Å². The van der Waals surface area contributed by atoms with Crippen LogP contribution in [0.15, 0.2) is 83.3 Å². The number of para-hydroxylation sites is 1. The summed E-state index contributed by atoms with van der Waals surface area (Å²) in [5.74, 6) is -0.890. The first-order chi connectivity index (χ1) is 19.2. The number of nitro groups is 1. The summed E-state index contributed by atoms with van der Waals surface area (Å²) in [5, 5.41) is 14.9. The Bertz CT molecular complexity index is 1340. The quantitative estimate of drug-likeness (QED) is 0.229. The molecule has 0 aliphatic carbocycles. The first-order valence-electron chi connectivity index (χ1n) is 13.0. The van der Waals surface area contributed by atoms with Crippen LogP contribution in [0, 0.1) is 10.1 Å². The summed E-state index contributed by atoms with van der Waals surface area (Å²) in [5.41, 5.74) is 2.23. The van der Waals surface area contributed by atoms with Crippen molar-refractivity contribution < 1.29 is 28.7 Å². The van der Waals surface area contributed by atoms with E-state index in [0.29, 0.717) is 16.3 Å². The highest BCUT2D eigenvalue weighted by molar-refractivity contribution is 9.10. The maximum Gasteiger partial charge on any atom is 0.270 e. The molecule has 0 N–H and O–H groups in total. The Morgan fingerprint density at radius 3 is 2.38 bits per heavy atom. The molecule has 3 fully saturated rings. The summed E-state index contributed by atoms with van der Waals surface area (Å²) in [7, 11) is 0. The van der Waals surface area contributed by atoms with E-state index in [9.17, 15) is 10.1 Å². The van der Waals surface area contributed by atoms with Gasteiger partial charge in [-0.1, -0.05) is 70.0 Å². The number of hydroxylamine groups is 1. The van der Waals surface area contributed by atoms with Gasteiger partial charge in [0.1, 0.15) is 18.3 Å². The van der Waals surface area contributed by atoms with Crippen molar-refractivity contribution in [1.82, 2.24) is 0 Å². The number of fused-ring (bicyclic) bond motifs is 1. The number of anilines is 1. The first-order valence-corrected chi connectivity index (χ1v) is 14.1. The van der Waals surface area contributed by atoms with Crippen molar-refractivity contribution in [3.8, 4) is 0 Å². The molecule has 0 saturated carbocycles. The van der Waals surface area contributed by atoms with Crippen LogP contribution in [0.2, 0.25) is 5.02 Å². The number of halogens is 2. The molecule has 210 valence electrons. The van der Waals surface area contributed by atoms with Crippen LogP contribution in [0.3, 0.4) is 0 Å². The summed E-state index contributed by atoms with van der Waals surface area (Å²) < 4.78 is 26.1. The van der Waals surface area contributed by atoms with E-state index in [4.69, 9.17) is 35.4 Å². The van der Waals surface area contributed by atoms with Gasteiger partial charge < -0.3 is 18.9 Å². The standard InChI is InChI=1S/C29H28BrClN2O7/c1-29(2)38-27-26(36-16-17-8-12-19(30)13-9-17)25(37-28(27)39-29)22-23(33(34)35)24(18-10-14-20(31)15-11-18)40-32(22)21-6-4-3-5-7-21/h3-15,22-28H,16H2,1-2H3/t22-,23+,24-,25+,26-,27+,28+/m0/s1. The molecular weight excluding hydrogens is 604 g/mol. The molecule has 3 aliphatic heterocycles. The van der Waals surface area contributed by atoms with Crippen molar-refractivity contribution in [2.75, 3.05) is 5.06 Å². The maximum absolute atomic E-state index is 12.8. The molecular formula is C29H28BrClN2O7. The Kier molecular flexibility index (Phi) is 7.60. The average molecular weight is 632 g/mol. The van der Waals surface area contributed by atoms with Crippen molar-refractivity contribution in [1.29, 1.82) is 0 Å². The number of benzene rings is 3. The van der Waals surface area contributed by atoms with Gasteiger partial charge in [0.15, 0.2) is 24.2 Å². The second-order valence-electron chi connectivity index (χ2n) is 10.5. The van der Waals surface area contributed by atoms with Crippen LogP contribution in [0.1, 0.15) is 31.1 Å². The van der Waals surface area contributed by atoms with Gasteiger partial charge in [0.25, 0.3) is 6.04 Å². The van der Waals surface area contributed by atoms with Gasteiger partial charge in [0.05, 0.1) is 12.3 Å². The minimum atomic E-state index is -1.20. The maximum atomic E-state index is 12.8. The largest absolute Gasteiger partial charge is 0.368 e. The van der Waals surface area contributed by atoms with E-state index in [1.165, 1.54) is 0 Å². The lowest BCUT2D eigenvalue weighted by atomic mass is 9.91. The molecule has 3 aromatic carbocycles. The predicted octanol–water partition coefficient (Wildman–Crippen LogP) is 6.07. The Morgan fingerprint density at radius 1 is 1.00 bits per heavy atom. The van der Waals surface area contributed by atoms with Gasteiger partial charge in [0.2, 0.25) is 0 Å². The molecule has 3 heterocycles. The fourth-order valence-electron chi connectivity index (χ4n) is 5.60. The van der Waals surface area contributed by atoms with Crippen molar-refractivity contribution >= 4 is 33.2 Å². The van der Waals surface area contributed by atoms with E-state index >= 15 is 0 Å². The van der Waals surface area contributed by atoms with Gasteiger partial charge >= 0.3 is 0 Å². The normalized spacial score (nSPS) is 30.9. The molecule has 3 saturated heterocycles. The Morgan fingerprint density at radius 2 is 1.70 bits per heavy atom. The van der Waals surface area contributed by atoms with Crippen LogP contribution >= 0.6 is 27.5 Å². The van der Waals surface area contributed by atoms with E-state index < -0.39 is 48.6 Å². The van der Waals surface area contributed by atoms with Gasteiger partial charge in [-0.25, -0.2) is 5.06 Å². The van der Waals surface area contributed by atoms with E-state index in [-0.39, 0.29) is 11.5 Å². The van der Waals surface area contributed by atoms with Crippen LogP contribution in [-0.4, -0.2) is 47.4 Å². The molecule has 0 aromatic heterocycles. The monoisotopic (exact) mass is 630 g/mol. The zero-order valence-electron chi connectivity index (χ0n) is 21.8. The molecule has 0 spiro atoms. The van der Waals surface area contributed by atoms with Gasteiger partial charge in [-0.05, 0) is 61.4 Å². The van der Waals surface area contributed by atoms with E-state index in [1.807, 2.05) is 54.6 Å². The molecule has 3 aromatic rings. The third-order valence-electron chi connectivity index (χ3n) is 7.33. The summed E-state index contributed by atoms with van der Waals surface area (Å²) in [4.78, 5) is 18.9. The van der Waals surface area contributed by atoms with Crippen molar-refractivity contribution in [3.63, 3.8) is 0 Å². The van der Waals surface area contributed by atoms with Crippen molar-refractivity contribution in [2.45, 2.75) is 69.0 Å². The lowest BCUT2D eigenvalue weighted by Gasteiger charge is -2.33.